The van der Waals surface area contributed by atoms with Gasteiger partial charge in [0.2, 0.25) is 0 Å². The van der Waals surface area contributed by atoms with E-state index in [0.717, 1.165) is 37.0 Å². The van der Waals surface area contributed by atoms with Crippen LogP contribution in [0.5, 0.6) is 0 Å². The Balaban J connectivity index is 1.86. The van der Waals surface area contributed by atoms with Crippen molar-refractivity contribution in [2.75, 3.05) is 26.3 Å². The summed E-state index contributed by atoms with van der Waals surface area (Å²) in [6.45, 7) is 7.16. The van der Waals surface area contributed by atoms with Crippen LogP contribution < -0.4 is 0 Å². The number of nitrogens with zero attached hydrogens (tertiary/aromatic N) is 2. The molecule has 0 saturated carbocycles. The van der Waals surface area contributed by atoms with Crippen molar-refractivity contribution in [3.05, 3.63) is 48.0 Å². The number of hydrogen-bond acceptors (Lipinski definition) is 2. The fraction of sp³-hybridized carbons (Fsp3) is 0.412. The van der Waals surface area contributed by atoms with Gasteiger partial charge in [0, 0.05) is 0 Å². The summed E-state index contributed by atoms with van der Waals surface area (Å²) in [5.41, 5.74) is 1.08. The average Bonchev–Trinajstić information content (AvgIpc) is 2.74. The number of fused-ring (bicyclic) bond motifs is 1. The van der Waals surface area contributed by atoms with Crippen molar-refractivity contribution < 1.29 is 14.1 Å². The summed E-state index contributed by atoms with van der Waals surface area (Å²) in [5, 5.41) is 0. The number of piperidine rings is 1. The first-order chi connectivity index (χ1) is 10.2. The second kappa shape index (κ2) is 5.45. The van der Waals surface area contributed by atoms with E-state index in [0.29, 0.717) is 17.8 Å². The number of hydrogen-bond donors (Lipinski definition) is 0. The second-order valence-electron chi connectivity index (χ2n) is 6.05. The normalized spacial score (nSPS) is 20.5. The van der Waals surface area contributed by atoms with Crippen molar-refractivity contribution in [2.45, 2.75) is 19.3 Å². The number of likely N-dealkylation sites (tertiary alicyclic amines) is 1. The van der Waals surface area contributed by atoms with Gasteiger partial charge in [0.05, 0.1) is 30.8 Å². The largest absolute Gasteiger partial charge is 0.303 e. The summed E-state index contributed by atoms with van der Waals surface area (Å²) < 4.78 is 0.773. The number of amides is 2. The molecule has 1 aromatic carbocycles. The monoisotopic (exact) mass is 285 g/mol. The number of quaternary nitrogens is 1. The highest BCUT2D eigenvalue weighted by molar-refractivity contribution is 6.21. The van der Waals surface area contributed by atoms with Crippen LogP contribution in [0.25, 0.3) is 0 Å². The molecule has 1 saturated heterocycles. The molecule has 2 aliphatic heterocycles. The van der Waals surface area contributed by atoms with Gasteiger partial charge in [-0.15, -0.1) is 0 Å². The summed E-state index contributed by atoms with van der Waals surface area (Å²) in [4.78, 5) is 26.4. The van der Waals surface area contributed by atoms with Gasteiger partial charge < -0.3 is 4.48 Å². The van der Waals surface area contributed by atoms with Crippen LogP contribution in [0.2, 0.25) is 0 Å². The van der Waals surface area contributed by atoms with Gasteiger partial charge in [-0.25, -0.2) is 4.90 Å². The van der Waals surface area contributed by atoms with Gasteiger partial charge in [-0.1, -0.05) is 18.7 Å². The van der Waals surface area contributed by atoms with Crippen molar-refractivity contribution in [3.8, 4) is 0 Å². The van der Waals surface area contributed by atoms with Gasteiger partial charge in [-0.05, 0) is 37.5 Å². The first-order valence-corrected chi connectivity index (χ1v) is 7.58. The van der Waals surface area contributed by atoms with E-state index < -0.39 is 0 Å². The maximum absolute atomic E-state index is 12.5. The van der Waals surface area contributed by atoms with Gasteiger partial charge in [-0.2, -0.15) is 0 Å². The second-order valence-corrected chi connectivity index (χ2v) is 6.05. The molecule has 2 amide bonds. The molecule has 1 aromatic rings. The number of benzene rings is 1. The molecule has 0 aliphatic carbocycles. The van der Waals surface area contributed by atoms with Gasteiger partial charge in [0.25, 0.3) is 11.8 Å². The van der Waals surface area contributed by atoms with Crippen LogP contribution in [-0.2, 0) is 0 Å². The minimum absolute atomic E-state index is 0.150. The van der Waals surface area contributed by atoms with Crippen molar-refractivity contribution in [3.63, 3.8) is 0 Å². The summed E-state index contributed by atoms with van der Waals surface area (Å²) in [6.07, 6.45) is 5.44. The third kappa shape index (κ3) is 2.40. The Morgan fingerprint density at radius 1 is 1.05 bits per heavy atom. The molecule has 0 bridgehead atoms. The van der Waals surface area contributed by atoms with E-state index in [4.69, 9.17) is 0 Å². The maximum Gasteiger partial charge on any atom is 0.265 e. The molecule has 0 radical (unpaired) electrons. The third-order valence-electron chi connectivity index (χ3n) is 4.60. The van der Waals surface area contributed by atoms with Crippen LogP contribution in [0.4, 0.5) is 0 Å². The molecule has 110 valence electrons. The minimum Gasteiger partial charge on any atom is -0.303 e. The zero-order valence-corrected chi connectivity index (χ0v) is 12.3. The molecule has 0 unspecified atom stereocenters. The minimum atomic E-state index is -0.150. The Labute approximate surface area is 125 Å². The van der Waals surface area contributed by atoms with Crippen molar-refractivity contribution >= 4 is 11.8 Å². The van der Waals surface area contributed by atoms with Crippen molar-refractivity contribution in [1.29, 1.82) is 0 Å². The quantitative estimate of drug-likeness (QED) is 0.484. The lowest BCUT2D eigenvalue weighted by molar-refractivity contribution is -0.933. The molecule has 21 heavy (non-hydrogen) atoms. The zero-order chi connectivity index (χ0) is 14.9. The predicted octanol–water partition coefficient (Wildman–Crippen LogP) is 2.43. The van der Waals surface area contributed by atoms with E-state index in [1.165, 1.54) is 11.3 Å². The van der Waals surface area contributed by atoms with E-state index in [-0.39, 0.29) is 11.8 Å². The molecule has 0 N–H and O–H groups in total. The SMILES string of the molecule is C=CC[N+]1(CN2C(=O)c3ccccc3C2=O)CCCCC1. The van der Waals surface area contributed by atoms with Gasteiger partial charge in [0.1, 0.15) is 0 Å². The lowest BCUT2D eigenvalue weighted by Crippen LogP contribution is -2.58. The predicted molar refractivity (Wildman–Crippen MR) is 80.7 cm³/mol. The fourth-order valence-corrected chi connectivity index (χ4v) is 3.51. The molecule has 3 rings (SSSR count). The molecule has 0 aromatic heterocycles. The van der Waals surface area contributed by atoms with E-state index in [1.54, 1.807) is 12.1 Å². The Kier molecular flexibility index (Phi) is 3.64. The highest BCUT2D eigenvalue weighted by Crippen LogP contribution is 2.26. The summed E-state index contributed by atoms with van der Waals surface area (Å²) in [5.74, 6) is -0.300. The van der Waals surface area contributed by atoms with E-state index in [1.807, 2.05) is 18.2 Å². The number of carbonyl (C=O) groups excluding carboxylic acids is 2. The summed E-state index contributed by atoms with van der Waals surface area (Å²) >= 11 is 0. The van der Waals surface area contributed by atoms with E-state index >= 15 is 0 Å². The molecule has 1 fully saturated rings. The van der Waals surface area contributed by atoms with Gasteiger partial charge >= 0.3 is 0 Å². The molecule has 4 heteroatoms. The number of imide groups is 1. The molecule has 2 heterocycles. The van der Waals surface area contributed by atoms with Gasteiger partial charge in [-0.3, -0.25) is 9.59 Å². The Morgan fingerprint density at radius 2 is 1.62 bits per heavy atom. The standard InChI is InChI=1S/C17H21N2O2/c1-2-10-19(11-6-3-7-12-19)13-18-16(20)14-8-4-5-9-15(14)17(18)21/h2,4-5,8-9H,1,3,6-7,10-13H2/q+1. The van der Waals surface area contributed by atoms with Crippen LogP contribution in [0.3, 0.4) is 0 Å². The Morgan fingerprint density at radius 3 is 2.14 bits per heavy atom. The topological polar surface area (TPSA) is 37.4 Å². The molecule has 0 atom stereocenters. The van der Waals surface area contributed by atoms with Crippen molar-refractivity contribution in [1.82, 2.24) is 4.90 Å². The first-order valence-electron chi connectivity index (χ1n) is 7.58. The fourth-order valence-electron chi connectivity index (χ4n) is 3.51. The maximum atomic E-state index is 12.5. The smallest absolute Gasteiger partial charge is 0.265 e. The van der Waals surface area contributed by atoms with E-state index in [2.05, 4.69) is 6.58 Å². The number of rotatable bonds is 4. The van der Waals surface area contributed by atoms with E-state index in [9.17, 15) is 9.59 Å². The molecule has 4 nitrogen and oxygen atoms in total. The lowest BCUT2D eigenvalue weighted by Gasteiger charge is -2.42. The number of carbonyl (C=O) groups is 2. The Hall–Kier alpha value is -1.94. The van der Waals surface area contributed by atoms with Crippen LogP contribution in [0.15, 0.2) is 36.9 Å². The molecule has 0 spiro atoms. The highest BCUT2D eigenvalue weighted by Gasteiger charge is 2.41. The van der Waals surface area contributed by atoms with Crippen LogP contribution in [0.1, 0.15) is 40.0 Å². The first kappa shape index (κ1) is 14.0. The van der Waals surface area contributed by atoms with Crippen LogP contribution in [0, 0.1) is 0 Å². The average molecular weight is 285 g/mol. The van der Waals surface area contributed by atoms with Gasteiger partial charge in [0.15, 0.2) is 6.67 Å². The molecular formula is C17H21N2O2+. The highest BCUT2D eigenvalue weighted by atomic mass is 16.2. The lowest BCUT2D eigenvalue weighted by atomic mass is 10.1. The van der Waals surface area contributed by atoms with Crippen LogP contribution in [-0.4, -0.2) is 47.5 Å². The molecular weight excluding hydrogens is 264 g/mol. The van der Waals surface area contributed by atoms with Crippen LogP contribution >= 0.6 is 0 Å². The Bertz CT molecular complexity index is 553. The molecule has 2 aliphatic rings. The zero-order valence-electron chi connectivity index (χ0n) is 12.3. The summed E-state index contributed by atoms with van der Waals surface area (Å²) in [6, 6.07) is 7.10. The third-order valence-corrected chi connectivity index (χ3v) is 4.60. The van der Waals surface area contributed by atoms with Crippen molar-refractivity contribution in [2.24, 2.45) is 0 Å². The summed E-state index contributed by atoms with van der Waals surface area (Å²) in [7, 11) is 0.